The van der Waals surface area contributed by atoms with E-state index in [0.717, 1.165) is 0 Å². The van der Waals surface area contributed by atoms with Crippen LogP contribution in [0.4, 0.5) is 5.69 Å². The molecule has 1 aromatic carbocycles. The van der Waals surface area contributed by atoms with E-state index in [9.17, 15) is 13.2 Å². The van der Waals surface area contributed by atoms with Crippen molar-refractivity contribution in [2.75, 3.05) is 10.5 Å². The Morgan fingerprint density at radius 2 is 1.89 bits per heavy atom. The van der Waals surface area contributed by atoms with Crippen molar-refractivity contribution in [2.24, 2.45) is 0 Å². The average molecular weight is 326 g/mol. The Morgan fingerprint density at radius 1 is 1.32 bits per heavy atom. The van der Waals surface area contributed by atoms with E-state index in [4.69, 9.17) is 28.3 Å². The predicted molar refractivity (Wildman–Crippen MR) is 75.7 cm³/mol. The second-order valence-corrected chi connectivity index (χ2v) is 6.52. The molecule has 1 aromatic rings. The standard InChI is InChI=1S/C11H13Cl2NO4S/c1-2-3-6-19(17,18)14-10-8(13)5-4-7(12)9(10)11(15)16/h4-5,14H,2-3,6H2,1H3,(H,15,16). The Hall–Kier alpha value is -0.980. The smallest absolute Gasteiger partial charge is 0.339 e. The predicted octanol–water partition coefficient (Wildman–Crippen LogP) is 3.23. The van der Waals surface area contributed by atoms with Gasteiger partial charge in [-0.25, -0.2) is 13.2 Å². The maximum atomic E-state index is 11.8. The molecule has 106 valence electrons. The van der Waals surface area contributed by atoms with Gasteiger partial charge in [0.2, 0.25) is 10.0 Å². The molecule has 0 aliphatic carbocycles. The summed E-state index contributed by atoms with van der Waals surface area (Å²) >= 11 is 11.6. The first-order chi connectivity index (χ1) is 8.78. The summed E-state index contributed by atoms with van der Waals surface area (Å²) in [7, 11) is -3.65. The fourth-order valence-corrected chi connectivity index (χ4v) is 3.19. The molecule has 0 saturated heterocycles. The molecule has 5 nitrogen and oxygen atoms in total. The Morgan fingerprint density at radius 3 is 2.42 bits per heavy atom. The number of carboxylic acids is 1. The maximum Gasteiger partial charge on any atom is 0.339 e. The highest BCUT2D eigenvalue weighted by atomic mass is 35.5. The van der Waals surface area contributed by atoms with E-state index < -0.39 is 16.0 Å². The summed E-state index contributed by atoms with van der Waals surface area (Å²) < 4.78 is 25.8. The molecule has 0 aromatic heterocycles. The lowest BCUT2D eigenvalue weighted by Crippen LogP contribution is -2.19. The van der Waals surface area contributed by atoms with Gasteiger partial charge in [0.1, 0.15) is 5.56 Å². The summed E-state index contributed by atoms with van der Waals surface area (Å²) in [5.74, 6) is -1.45. The van der Waals surface area contributed by atoms with E-state index in [0.29, 0.717) is 12.8 Å². The third-order valence-electron chi connectivity index (χ3n) is 2.34. The molecule has 0 amide bonds. The zero-order valence-electron chi connectivity index (χ0n) is 10.1. The largest absolute Gasteiger partial charge is 0.478 e. The Kier molecular flexibility index (Phi) is 5.46. The first-order valence-electron chi connectivity index (χ1n) is 5.50. The Balaban J connectivity index is 3.20. The van der Waals surface area contributed by atoms with Gasteiger partial charge in [-0.3, -0.25) is 4.72 Å². The van der Waals surface area contributed by atoms with Crippen molar-refractivity contribution in [1.29, 1.82) is 0 Å². The number of anilines is 1. The summed E-state index contributed by atoms with van der Waals surface area (Å²) in [6, 6.07) is 2.64. The molecule has 0 radical (unpaired) electrons. The van der Waals surface area contributed by atoms with Gasteiger partial charge in [-0.05, 0) is 18.6 Å². The lowest BCUT2D eigenvalue weighted by Gasteiger charge is -2.13. The second kappa shape index (κ2) is 6.45. The van der Waals surface area contributed by atoms with Crippen LogP contribution in [-0.2, 0) is 10.0 Å². The van der Waals surface area contributed by atoms with Crippen molar-refractivity contribution in [3.63, 3.8) is 0 Å². The number of carbonyl (C=O) groups is 1. The number of aromatic carboxylic acids is 1. The fourth-order valence-electron chi connectivity index (χ4n) is 1.40. The minimum Gasteiger partial charge on any atom is -0.478 e. The normalized spacial score (nSPS) is 11.3. The van der Waals surface area contributed by atoms with Crippen LogP contribution in [0.25, 0.3) is 0 Å². The first kappa shape index (κ1) is 16.1. The number of sulfonamides is 1. The number of benzene rings is 1. The molecule has 0 saturated carbocycles. The molecule has 0 aliphatic rings. The highest BCUT2D eigenvalue weighted by molar-refractivity contribution is 7.92. The summed E-state index contributed by atoms with van der Waals surface area (Å²) in [6.07, 6.45) is 1.17. The van der Waals surface area contributed by atoms with Crippen LogP contribution in [0.5, 0.6) is 0 Å². The van der Waals surface area contributed by atoms with Gasteiger partial charge in [0.05, 0.1) is 21.5 Å². The monoisotopic (exact) mass is 325 g/mol. The van der Waals surface area contributed by atoms with E-state index in [-0.39, 0.29) is 27.0 Å². The van der Waals surface area contributed by atoms with Gasteiger partial charge in [0.25, 0.3) is 0 Å². The molecule has 0 aliphatic heterocycles. The number of unbranched alkanes of at least 4 members (excludes halogenated alkanes) is 1. The second-order valence-electron chi connectivity index (χ2n) is 3.86. The summed E-state index contributed by atoms with van der Waals surface area (Å²) in [5.41, 5.74) is -0.549. The van der Waals surface area contributed by atoms with Crippen molar-refractivity contribution in [3.05, 3.63) is 27.7 Å². The van der Waals surface area contributed by atoms with Crippen LogP contribution in [-0.4, -0.2) is 25.2 Å². The Labute approximate surface area is 121 Å². The molecule has 0 unspecified atom stereocenters. The van der Waals surface area contributed by atoms with Crippen LogP contribution in [0.15, 0.2) is 12.1 Å². The first-order valence-corrected chi connectivity index (χ1v) is 7.91. The average Bonchev–Trinajstić information content (AvgIpc) is 2.30. The van der Waals surface area contributed by atoms with Crippen molar-refractivity contribution >= 4 is 44.9 Å². The molecule has 8 heteroatoms. The van der Waals surface area contributed by atoms with Gasteiger partial charge in [-0.2, -0.15) is 0 Å². The lowest BCUT2D eigenvalue weighted by atomic mass is 10.2. The van der Waals surface area contributed by atoms with Gasteiger partial charge in [0, 0.05) is 0 Å². The Bertz CT molecular complexity index is 587. The fraction of sp³-hybridized carbons (Fsp3) is 0.364. The molecule has 0 atom stereocenters. The number of halogens is 2. The zero-order chi connectivity index (χ0) is 14.6. The molecule has 2 N–H and O–H groups in total. The van der Waals surface area contributed by atoms with E-state index >= 15 is 0 Å². The zero-order valence-corrected chi connectivity index (χ0v) is 12.4. The number of nitrogens with one attached hydrogen (secondary N) is 1. The molecule has 1 rings (SSSR count). The third-order valence-corrected chi connectivity index (χ3v) is 4.31. The number of hydrogen-bond acceptors (Lipinski definition) is 3. The van der Waals surface area contributed by atoms with Crippen molar-refractivity contribution < 1.29 is 18.3 Å². The third kappa shape index (κ3) is 4.26. The highest BCUT2D eigenvalue weighted by Gasteiger charge is 2.21. The summed E-state index contributed by atoms with van der Waals surface area (Å²) in [4.78, 5) is 11.1. The molecule has 19 heavy (non-hydrogen) atoms. The molecule has 0 fully saturated rings. The van der Waals surface area contributed by atoms with E-state index in [1.807, 2.05) is 6.92 Å². The molecule has 0 spiro atoms. The lowest BCUT2D eigenvalue weighted by molar-refractivity contribution is 0.0698. The van der Waals surface area contributed by atoms with Crippen molar-refractivity contribution in [2.45, 2.75) is 19.8 Å². The SMILES string of the molecule is CCCCS(=O)(=O)Nc1c(Cl)ccc(Cl)c1C(=O)O. The highest BCUT2D eigenvalue weighted by Crippen LogP contribution is 2.32. The van der Waals surface area contributed by atoms with Crippen LogP contribution < -0.4 is 4.72 Å². The van der Waals surface area contributed by atoms with Crippen LogP contribution in [0.3, 0.4) is 0 Å². The summed E-state index contributed by atoms with van der Waals surface area (Å²) in [5, 5.41) is 8.98. The van der Waals surface area contributed by atoms with Gasteiger partial charge in [-0.1, -0.05) is 36.5 Å². The van der Waals surface area contributed by atoms with E-state index in [1.54, 1.807) is 0 Å². The van der Waals surface area contributed by atoms with Gasteiger partial charge >= 0.3 is 5.97 Å². The molecule has 0 heterocycles. The minimum atomic E-state index is -3.65. The van der Waals surface area contributed by atoms with E-state index in [2.05, 4.69) is 4.72 Å². The van der Waals surface area contributed by atoms with Crippen LogP contribution in [0.2, 0.25) is 10.0 Å². The van der Waals surface area contributed by atoms with Crippen molar-refractivity contribution in [3.8, 4) is 0 Å². The van der Waals surface area contributed by atoms with Gasteiger partial charge in [-0.15, -0.1) is 0 Å². The van der Waals surface area contributed by atoms with Crippen LogP contribution in [0, 0.1) is 0 Å². The number of hydrogen-bond donors (Lipinski definition) is 2. The van der Waals surface area contributed by atoms with Crippen LogP contribution in [0.1, 0.15) is 30.1 Å². The van der Waals surface area contributed by atoms with E-state index in [1.165, 1.54) is 12.1 Å². The quantitative estimate of drug-likeness (QED) is 0.841. The van der Waals surface area contributed by atoms with Crippen molar-refractivity contribution in [1.82, 2.24) is 0 Å². The minimum absolute atomic E-state index is 0.0122. The molecular formula is C11H13Cl2NO4S. The maximum absolute atomic E-state index is 11.8. The summed E-state index contributed by atoms with van der Waals surface area (Å²) in [6.45, 7) is 1.85. The van der Waals surface area contributed by atoms with Gasteiger partial charge < -0.3 is 5.11 Å². The van der Waals surface area contributed by atoms with Gasteiger partial charge in [0.15, 0.2) is 0 Å². The topological polar surface area (TPSA) is 83.5 Å². The molecular weight excluding hydrogens is 313 g/mol. The number of carboxylic acid groups (broad SMARTS) is 1. The van der Waals surface area contributed by atoms with Crippen LogP contribution >= 0.6 is 23.2 Å². The number of rotatable bonds is 6. The molecule has 0 bridgehead atoms.